The van der Waals surface area contributed by atoms with Crippen molar-refractivity contribution in [3.05, 3.63) is 27.0 Å². The molecule has 1 aliphatic rings. The topological polar surface area (TPSA) is 145 Å². The van der Waals surface area contributed by atoms with Crippen LogP contribution in [0, 0.1) is 0 Å². The first-order valence-electron chi connectivity index (χ1n) is 5.10. The largest absolute Gasteiger partial charge is 0.394 e. The van der Waals surface area contributed by atoms with Gasteiger partial charge in [-0.25, -0.2) is 4.79 Å². The zero-order valence-corrected chi connectivity index (χ0v) is 9.02. The third kappa shape index (κ3) is 1.93. The fourth-order valence-electron chi connectivity index (χ4n) is 1.77. The average Bonchev–Trinajstić information content (AvgIpc) is 2.61. The number of aliphatic hydroxyl groups is 3. The summed E-state index contributed by atoms with van der Waals surface area (Å²) in [6.45, 7) is -0.558. The van der Waals surface area contributed by atoms with E-state index in [2.05, 4.69) is 0 Å². The summed E-state index contributed by atoms with van der Waals surface area (Å²) >= 11 is 0. The Kier molecular flexibility index (Phi) is 3.22. The van der Waals surface area contributed by atoms with Gasteiger partial charge < -0.3 is 20.1 Å². The monoisotopic (exact) mass is 259 g/mol. The molecular formula is C9H11N2O7. The minimum Gasteiger partial charge on any atom is -0.394 e. The first kappa shape index (κ1) is 12.8. The summed E-state index contributed by atoms with van der Waals surface area (Å²) in [4.78, 5) is 24.1. The van der Waals surface area contributed by atoms with Crippen LogP contribution < -0.4 is 11.2 Å². The molecule has 0 amide bonds. The summed E-state index contributed by atoms with van der Waals surface area (Å²) in [5.41, 5.74) is -2.03. The van der Waals surface area contributed by atoms with E-state index in [-0.39, 0.29) is 0 Å². The van der Waals surface area contributed by atoms with Crippen molar-refractivity contribution >= 4 is 0 Å². The third-order valence-electron chi connectivity index (χ3n) is 2.73. The van der Waals surface area contributed by atoms with Gasteiger partial charge in [0.25, 0.3) is 5.75 Å². The highest BCUT2D eigenvalue weighted by molar-refractivity contribution is 5.10. The van der Waals surface area contributed by atoms with E-state index in [9.17, 15) is 24.9 Å². The average molecular weight is 259 g/mol. The lowest BCUT2D eigenvalue weighted by Crippen LogP contribution is -2.37. The zero-order valence-electron chi connectivity index (χ0n) is 9.02. The Morgan fingerprint density at radius 1 is 1.33 bits per heavy atom. The SMILES string of the molecule is [O]c1cn([C@@H]2O[C@H](CO)[C@@H](O)[C@H]2O)c(=O)[nH]c1=O. The van der Waals surface area contributed by atoms with E-state index in [0.717, 1.165) is 0 Å². The van der Waals surface area contributed by atoms with Gasteiger partial charge in [-0.3, -0.25) is 19.5 Å². The van der Waals surface area contributed by atoms with E-state index in [1.165, 1.54) is 0 Å². The fraction of sp³-hybridized carbons (Fsp3) is 0.556. The van der Waals surface area contributed by atoms with E-state index in [4.69, 9.17) is 9.84 Å². The summed E-state index contributed by atoms with van der Waals surface area (Å²) in [6, 6.07) is 0. The molecule has 1 aliphatic heterocycles. The van der Waals surface area contributed by atoms with Crippen molar-refractivity contribution < 1.29 is 25.2 Å². The van der Waals surface area contributed by atoms with Crippen LogP contribution in [0.1, 0.15) is 6.23 Å². The second-order valence-corrected chi connectivity index (χ2v) is 3.89. The molecule has 1 fully saturated rings. The molecule has 4 N–H and O–H groups in total. The summed E-state index contributed by atoms with van der Waals surface area (Å²) in [5, 5.41) is 39.2. The Morgan fingerprint density at radius 2 is 2.00 bits per heavy atom. The standard InChI is InChI=1S/C9H11N2O7/c12-2-4-5(14)6(15)8(18-4)11-1-3(13)7(16)10-9(11)17/h1,4-6,8,12,14-15H,2H2,(H,10,16,17)/t4-,5-,6-,8-/m1/s1. The molecule has 0 unspecified atom stereocenters. The number of rotatable bonds is 2. The Labute approximate surface area is 99.5 Å². The minimum atomic E-state index is -1.50. The van der Waals surface area contributed by atoms with Crippen LogP contribution in [0.3, 0.4) is 0 Å². The Hall–Kier alpha value is -1.68. The molecule has 99 valence electrons. The Bertz CT molecular complexity index is 551. The molecule has 1 aromatic heterocycles. The van der Waals surface area contributed by atoms with Crippen LogP contribution in [-0.4, -0.2) is 49.8 Å². The van der Waals surface area contributed by atoms with Crippen LogP contribution in [-0.2, 0) is 9.84 Å². The van der Waals surface area contributed by atoms with Gasteiger partial charge in [0.2, 0.25) is 0 Å². The Morgan fingerprint density at radius 3 is 2.56 bits per heavy atom. The van der Waals surface area contributed by atoms with Gasteiger partial charge >= 0.3 is 11.2 Å². The molecule has 1 saturated heterocycles. The normalized spacial score (nSPS) is 31.7. The molecule has 0 spiro atoms. The van der Waals surface area contributed by atoms with Crippen LogP contribution in [0.15, 0.2) is 15.8 Å². The summed E-state index contributed by atoms with van der Waals surface area (Å²) in [6.07, 6.45) is -4.62. The van der Waals surface area contributed by atoms with Gasteiger partial charge in [0.15, 0.2) is 6.23 Å². The second-order valence-electron chi connectivity index (χ2n) is 3.89. The molecule has 4 atom stereocenters. The lowest BCUT2D eigenvalue weighted by Gasteiger charge is -2.16. The molecule has 0 aliphatic carbocycles. The van der Waals surface area contributed by atoms with Crippen molar-refractivity contribution in [3.63, 3.8) is 0 Å². The molecule has 9 heteroatoms. The van der Waals surface area contributed by atoms with Crippen LogP contribution in [0.2, 0.25) is 0 Å². The smallest absolute Gasteiger partial charge is 0.330 e. The highest BCUT2D eigenvalue weighted by atomic mass is 16.6. The van der Waals surface area contributed by atoms with Gasteiger partial charge in [-0.2, -0.15) is 0 Å². The molecule has 0 saturated carbocycles. The number of ether oxygens (including phenoxy) is 1. The van der Waals surface area contributed by atoms with Crippen LogP contribution in [0.5, 0.6) is 5.75 Å². The van der Waals surface area contributed by atoms with Crippen LogP contribution >= 0.6 is 0 Å². The summed E-state index contributed by atoms with van der Waals surface area (Å²) in [5.74, 6) is -0.979. The van der Waals surface area contributed by atoms with Gasteiger partial charge in [0.1, 0.15) is 18.3 Å². The zero-order chi connectivity index (χ0) is 13.4. The van der Waals surface area contributed by atoms with E-state index in [1.807, 2.05) is 0 Å². The molecule has 0 bridgehead atoms. The first-order chi connectivity index (χ1) is 8.45. The van der Waals surface area contributed by atoms with Crippen molar-refractivity contribution in [2.75, 3.05) is 6.61 Å². The predicted molar refractivity (Wildman–Crippen MR) is 54.5 cm³/mol. The van der Waals surface area contributed by atoms with Gasteiger partial charge in [0.05, 0.1) is 12.8 Å². The second kappa shape index (κ2) is 4.53. The molecule has 1 radical (unpaired) electrons. The molecule has 2 heterocycles. The number of aromatic nitrogens is 2. The van der Waals surface area contributed by atoms with Gasteiger partial charge in [-0.1, -0.05) is 0 Å². The van der Waals surface area contributed by atoms with Crippen molar-refractivity contribution in [3.8, 4) is 5.75 Å². The summed E-state index contributed by atoms with van der Waals surface area (Å²) < 4.78 is 5.72. The van der Waals surface area contributed by atoms with Crippen molar-refractivity contribution in [2.45, 2.75) is 24.5 Å². The van der Waals surface area contributed by atoms with Crippen molar-refractivity contribution in [2.24, 2.45) is 0 Å². The van der Waals surface area contributed by atoms with E-state index < -0.39 is 48.1 Å². The highest BCUT2D eigenvalue weighted by Crippen LogP contribution is 2.28. The number of nitrogens with zero attached hydrogens (tertiary/aromatic N) is 1. The van der Waals surface area contributed by atoms with E-state index in [1.54, 1.807) is 4.98 Å². The third-order valence-corrected chi connectivity index (χ3v) is 2.73. The molecule has 1 aromatic rings. The van der Waals surface area contributed by atoms with Crippen LogP contribution in [0.25, 0.3) is 0 Å². The predicted octanol–water partition coefficient (Wildman–Crippen LogP) is -2.71. The summed E-state index contributed by atoms with van der Waals surface area (Å²) in [7, 11) is 0. The van der Waals surface area contributed by atoms with Crippen molar-refractivity contribution in [1.82, 2.24) is 9.55 Å². The highest BCUT2D eigenvalue weighted by Gasteiger charge is 2.43. The number of aromatic amines is 1. The lowest BCUT2D eigenvalue weighted by molar-refractivity contribution is -0.0553. The van der Waals surface area contributed by atoms with Gasteiger partial charge in [-0.05, 0) is 0 Å². The molecule has 9 nitrogen and oxygen atoms in total. The number of aliphatic hydroxyl groups excluding tert-OH is 3. The number of hydrogen-bond acceptors (Lipinski definition) is 6. The maximum absolute atomic E-state index is 11.5. The van der Waals surface area contributed by atoms with Gasteiger partial charge in [0, 0.05) is 0 Å². The van der Waals surface area contributed by atoms with Crippen molar-refractivity contribution in [1.29, 1.82) is 0 Å². The first-order valence-corrected chi connectivity index (χ1v) is 5.10. The van der Waals surface area contributed by atoms with Gasteiger partial charge in [-0.15, -0.1) is 0 Å². The molecular weight excluding hydrogens is 248 g/mol. The molecule has 18 heavy (non-hydrogen) atoms. The maximum Gasteiger partial charge on any atom is 0.330 e. The fourth-order valence-corrected chi connectivity index (χ4v) is 1.77. The van der Waals surface area contributed by atoms with E-state index >= 15 is 0 Å². The minimum absolute atomic E-state index is 0.558. The Balaban J connectivity index is 2.42. The number of hydrogen-bond donors (Lipinski definition) is 4. The molecule has 0 aromatic carbocycles. The number of nitrogens with one attached hydrogen (secondary N) is 1. The lowest BCUT2D eigenvalue weighted by atomic mass is 10.1. The van der Waals surface area contributed by atoms with E-state index in [0.29, 0.717) is 10.8 Å². The maximum atomic E-state index is 11.5. The quantitative estimate of drug-likeness (QED) is 0.454. The number of H-pyrrole nitrogens is 1. The van der Waals surface area contributed by atoms with Crippen LogP contribution in [0.4, 0.5) is 0 Å². The molecule has 2 rings (SSSR count).